The number of likely N-dealkylation sites (N-methyl/N-ethyl adjacent to an activating group) is 1. The molecule has 0 radical (unpaired) electrons. The summed E-state index contributed by atoms with van der Waals surface area (Å²) in [6.07, 6.45) is 0.604. The van der Waals surface area contributed by atoms with E-state index in [1.807, 2.05) is 7.05 Å². The molecule has 3 heteroatoms. The van der Waals surface area contributed by atoms with Gasteiger partial charge in [0.05, 0.1) is 6.10 Å². The van der Waals surface area contributed by atoms with Gasteiger partial charge in [0.2, 0.25) is 0 Å². The molecular weight excluding hydrogens is 170 g/mol. The number of hydrogen-bond acceptors (Lipinski definition) is 3. The maximum atomic E-state index is 9.03. The van der Waals surface area contributed by atoms with Gasteiger partial charge in [0.25, 0.3) is 0 Å². The molecule has 0 heterocycles. The molecule has 0 aromatic carbocycles. The van der Waals surface area contributed by atoms with Crippen molar-refractivity contribution < 1.29 is 5.11 Å². The molecule has 72 valence electrons. The first-order chi connectivity index (χ1) is 5.56. The zero-order valence-electron chi connectivity index (χ0n) is 7.95. The third kappa shape index (κ3) is 6.70. The molecule has 0 saturated heterocycles. The minimum atomic E-state index is -0.211. The van der Waals surface area contributed by atoms with Crippen LogP contribution in [0.15, 0.2) is 12.2 Å². The lowest BCUT2D eigenvalue weighted by Crippen LogP contribution is -2.24. The summed E-state index contributed by atoms with van der Waals surface area (Å²) in [6.45, 7) is 7.44. The maximum absolute atomic E-state index is 9.03. The molecule has 12 heavy (non-hydrogen) atoms. The Balaban J connectivity index is 3.45. The van der Waals surface area contributed by atoms with E-state index in [-0.39, 0.29) is 6.10 Å². The molecule has 0 rings (SSSR count). The first-order valence-electron chi connectivity index (χ1n) is 4.20. The fraction of sp³-hybridized carbons (Fsp3) is 0.778. The summed E-state index contributed by atoms with van der Waals surface area (Å²) in [5.41, 5.74) is 1.12. The van der Waals surface area contributed by atoms with Crippen molar-refractivity contribution in [2.24, 2.45) is 0 Å². The zero-order valence-corrected chi connectivity index (χ0v) is 8.85. The molecule has 1 unspecified atom stereocenters. The third-order valence-corrected chi connectivity index (χ3v) is 2.09. The Morgan fingerprint density at radius 3 is 2.67 bits per heavy atom. The van der Waals surface area contributed by atoms with Crippen LogP contribution in [0.1, 0.15) is 13.3 Å². The summed E-state index contributed by atoms with van der Waals surface area (Å²) in [6, 6.07) is 0. The van der Waals surface area contributed by atoms with Crippen LogP contribution in [0.2, 0.25) is 0 Å². The summed E-state index contributed by atoms with van der Waals surface area (Å²) in [5, 5.41) is 9.03. The van der Waals surface area contributed by atoms with Crippen molar-refractivity contribution in [2.75, 3.05) is 25.9 Å². The SMILES string of the molecule is C=C(CS)CN(C)CCC(C)O. The monoisotopic (exact) mass is 189 g/mol. The van der Waals surface area contributed by atoms with E-state index in [4.69, 9.17) is 5.11 Å². The van der Waals surface area contributed by atoms with Crippen molar-refractivity contribution in [3.05, 3.63) is 12.2 Å². The van der Waals surface area contributed by atoms with E-state index in [0.717, 1.165) is 30.8 Å². The second-order valence-electron chi connectivity index (χ2n) is 3.28. The molecule has 0 spiro atoms. The van der Waals surface area contributed by atoms with E-state index >= 15 is 0 Å². The highest BCUT2D eigenvalue weighted by molar-refractivity contribution is 7.80. The largest absolute Gasteiger partial charge is 0.393 e. The maximum Gasteiger partial charge on any atom is 0.0524 e. The van der Waals surface area contributed by atoms with Gasteiger partial charge >= 0.3 is 0 Å². The van der Waals surface area contributed by atoms with E-state index in [1.54, 1.807) is 6.92 Å². The number of aliphatic hydroxyl groups is 1. The van der Waals surface area contributed by atoms with Crippen LogP contribution in [0.5, 0.6) is 0 Å². The van der Waals surface area contributed by atoms with Crippen LogP contribution in [0, 0.1) is 0 Å². The lowest BCUT2D eigenvalue weighted by Gasteiger charge is -2.17. The van der Waals surface area contributed by atoms with Gasteiger partial charge < -0.3 is 10.0 Å². The number of hydrogen-bond donors (Lipinski definition) is 2. The zero-order chi connectivity index (χ0) is 9.56. The van der Waals surface area contributed by atoms with Gasteiger partial charge in [-0.15, -0.1) is 0 Å². The van der Waals surface area contributed by atoms with Crippen molar-refractivity contribution in [2.45, 2.75) is 19.4 Å². The normalized spacial score (nSPS) is 13.4. The third-order valence-electron chi connectivity index (χ3n) is 1.65. The predicted octanol–water partition coefficient (Wildman–Crippen LogP) is 1.18. The van der Waals surface area contributed by atoms with E-state index in [0.29, 0.717) is 0 Å². The summed E-state index contributed by atoms with van der Waals surface area (Å²) in [7, 11) is 2.02. The molecule has 0 aromatic rings. The Labute approximate surface area is 80.7 Å². The van der Waals surface area contributed by atoms with Gasteiger partial charge in [0, 0.05) is 18.8 Å². The summed E-state index contributed by atoms with van der Waals surface area (Å²) in [4.78, 5) is 2.14. The average molecular weight is 189 g/mol. The minimum absolute atomic E-state index is 0.211. The molecule has 0 fully saturated rings. The van der Waals surface area contributed by atoms with Gasteiger partial charge in [-0.25, -0.2) is 0 Å². The number of aliphatic hydroxyl groups excluding tert-OH is 1. The molecule has 1 N–H and O–H groups in total. The summed E-state index contributed by atoms with van der Waals surface area (Å²) in [5.74, 6) is 0.735. The molecule has 0 aliphatic carbocycles. The number of rotatable bonds is 6. The van der Waals surface area contributed by atoms with E-state index < -0.39 is 0 Å². The first-order valence-corrected chi connectivity index (χ1v) is 4.83. The van der Waals surface area contributed by atoms with Crippen molar-refractivity contribution in [1.82, 2.24) is 4.90 Å². The smallest absolute Gasteiger partial charge is 0.0524 e. The van der Waals surface area contributed by atoms with Gasteiger partial charge in [0.1, 0.15) is 0 Å². The minimum Gasteiger partial charge on any atom is -0.393 e. The number of nitrogens with zero attached hydrogens (tertiary/aromatic N) is 1. The van der Waals surface area contributed by atoms with Crippen molar-refractivity contribution in [3.8, 4) is 0 Å². The lowest BCUT2D eigenvalue weighted by atomic mass is 10.2. The van der Waals surface area contributed by atoms with Crippen LogP contribution in [0.25, 0.3) is 0 Å². The molecule has 2 nitrogen and oxygen atoms in total. The van der Waals surface area contributed by atoms with Gasteiger partial charge in [-0.1, -0.05) is 12.2 Å². The van der Waals surface area contributed by atoms with Gasteiger partial charge in [0.15, 0.2) is 0 Å². The summed E-state index contributed by atoms with van der Waals surface area (Å²) >= 11 is 4.12. The Bertz CT molecular complexity index is 136. The molecule has 0 bridgehead atoms. The van der Waals surface area contributed by atoms with Crippen molar-refractivity contribution in [3.63, 3.8) is 0 Å². The molecule has 0 saturated carbocycles. The Kier molecular flexibility index (Phi) is 6.52. The predicted molar refractivity (Wildman–Crippen MR) is 56.8 cm³/mol. The van der Waals surface area contributed by atoms with E-state index in [2.05, 4.69) is 24.1 Å². The van der Waals surface area contributed by atoms with Crippen molar-refractivity contribution >= 4 is 12.6 Å². The highest BCUT2D eigenvalue weighted by Crippen LogP contribution is 1.99. The van der Waals surface area contributed by atoms with Crippen LogP contribution < -0.4 is 0 Å². The fourth-order valence-corrected chi connectivity index (χ4v) is 1.02. The molecule has 0 amide bonds. The molecule has 0 aliphatic rings. The van der Waals surface area contributed by atoms with Gasteiger partial charge in [-0.2, -0.15) is 12.6 Å². The lowest BCUT2D eigenvalue weighted by molar-refractivity contribution is 0.167. The Morgan fingerprint density at radius 1 is 1.67 bits per heavy atom. The van der Waals surface area contributed by atoms with Gasteiger partial charge in [-0.05, 0) is 20.4 Å². The Morgan fingerprint density at radius 2 is 2.25 bits per heavy atom. The van der Waals surface area contributed by atoms with Gasteiger partial charge in [-0.3, -0.25) is 0 Å². The summed E-state index contributed by atoms with van der Waals surface area (Å²) < 4.78 is 0. The van der Waals surface area contributed by atoms with E-state index in [1.165, 1.54) is 0 Å². The molecule has 1 atom stereocenters. The molecule has 0 aromatic heterocycles. The standard InChI is InChI=1S/C9H19NOS/c1-8(7-12)6-10(3)5-4-9(2)11/h9,11-12H,1,4-7H2,2-3H3. The van der Waals surface area contributed by atoms with Crippen LogP contribution in [-0.4, -0.2) is 42.0 Å². The van der Waals surface area contributed by atoms with Crippen LogP contribution >= 0.6 is 12.6 Å². The van der Waals surface area contributed by atoms with Crippen molar-refractivity contribution in [1.29, 1.82) is 0 Å². The fourth-order valence-electron chi connectivity index (χ4n) is 0.918. The number of thiol groups is 1. The first kappa shape index (κ1) is 12.0. The highest BCUT2D eigenvalue weighted by atomic mass is 32.1. The van der Waals surface area contributed by atoms with Crippen LogP contribution in [-0.2, 0) is 0 Å². The second kappa shape index (κ2) is 6.52. The molecular formula is C9H19NOS. The average Bonchev–Trinajstić information content (AvgIpc) is 2.00. The Hall–Kier alpha value is 0.01000. The highest BCUT2D eigenvalue weighted by Gasteiger charge is 2.01. The topological polar surface area (TPSA) is 23.5 Å². The van der Waals surface area contributed by atoms with Crippen LogP contribution in [0.3, 0.4) is 0 Å². The van der Waals surface area contributed by atoms with E-state index in [9.17, 15) is 0 Å². The molecule has 0 aliphatic heterocycles. The van der Waals surface area contributed by atoms with Crippen LogP contribution in [0.4, 0.5) is 0 Å². The quantitative estimate of drug-likeness (QED) is 0.484. The second-order valence-corrected chi connectivity index (χ2v) is 3.60.